The Kier molecular flexibility index (Phi) is 5.10. The zero-order valence-electron chi connectivity index (χ0n) is 14.6. The van der Waals surface area contributed by atoms with E-state index < -0.39 is 0 Å². The average molecular weight is 416 g/mol. The molecule has 0 bridgehead atoms. The lowest BCUT2D eigenvalue weighted by molar-refractivity contribution is -0.113. The molecule has 2 aromatic heterocycles. The van der Waals surface area contributed by atoms with Crippen LogP contribution in [-0.2, 0) is 4.79 Å². The molecule has 2 aromatic carbocycles. The Hall–Kier alpha value is -2.78. The SMILES string of the molecule is Cc1cc(NC(=O)CSc2ccc(F)cc2)n(-c2nc3ccc(F)cc3s2)n1. The Morgan fingerprint density at radius 2 is 1.89 bits per heavy atom. The molecule has 5 nitrogen and oxygen atoms in total. The topological polar surface area (TPSA) is 59.8 Å². The first kappa shape index (κ1) is 18.6. The summed E-state index contributed by atoms with van der Waals surface area (Å²) in [7, 11) is 0. The number of aromatic nitrogens is 3. The van der Waals surface area contributed by atoms with Crippen molar-refractivity contribution in [2.45, 2.75) is 11.8 Å². The Morgan fingerprint density at radius 3 is 2.68 bits per heavy atom. The Bertz CT molecular complexity index is 1150. The minimum Gasteiger partial charge on any atom is -0.310 e. The first-order valence-electron chi connectivity index (χ1n) is 8.29. The van der Waals surface area contributed by atoms with Crippen molar-refractivity contribution < 1.29 is 13.6 Å². The standard InChI is InChI=1S/C19H14F2N4OS2/c1-11-8-17(23-18(26)10-27-14-5-2-12(20)3-6-14)25(24-11)19-22-15-7-4-13(21)9-16(15)28-19/h2-9H,10H2,1H3,(H,23,26). The van der Waals surface area contributed by atoms with E-state index in [9.17, 15) is 13.6 Å². The second-order valence-electron chi connectivity index (χ2n) is 5.98. The van der Waals surface area contributed by atoms with Crippen LogP contribution in [0.2, 0.25) is 0 Å². The first-order valence-corrected chi connectivity index (χ1v) is 10.1. The quantitative estimate of drug-likeness (QED) is 0.475. The van der Waals surface area contributed by atoms with Crippen LogP contribution >= 0.6 is 23.1 Å². The maximum atomic E-state index is 13.4. The number of thiazole rings is 1. The van der Waals surface area contributed by atoms with Crippen molar-refractivity contribution in [2.24, 2.45) is 0 Å². The number of nitrogens with one attached hydrogen (secondary N) is 1. The summed E-state index contributed by atoms with van der Waals surface area (Å²) in [6.45, 7) is 1.81. The number of halogens is 2. The largest absolute Gasteiger partial charge is 0.310 e. The number of thioether (sulfide) groups is 1. The first-order chi connectivity index (χ1) is 13.5. The number of fused-ring (bicyclic) bond motifs is 1. The molecule has 28 heavy (non-hydrogen) atoms. The van der Waals surface area contributed by atoms with Gasteiger partial charge in [0.2, 0.25) is 11.0 Å². The minimum absolute atomic E-state index is 0.168. The van der Waals surface area contributed by atoms with Crippen LogP contribution in [-0.4, -0.2) is 26.4 Å². The lowest BCUT2D eigenvalue weighted by atomic mass is 10.3. The summed E-state index contributed by atoms with van der Waals surface area (Å²) in [4.78, 5) is 17.6. The summed E-state index contributed by atoms with van der Waals surface area (Å²) < 4.78 is 28.6. The predicted molar refractivity (Wildman–Crippen MR) is 107 cm³/mol. The van der Waals surface area contributed by atoms with Gasteiger partial charge in [0, 0.05) is 11.0 Å². The van der Waals surface area contributed by atoms with Crippen molar-refractivity contribution in [3.8, 4) is 5.13 Å². The van der Waals surface area contributed by atoms with E-state index in [1.165, 1.54) is 47.4 Å². The number of anilines is 1. The molecule has 0 saturated heterocycles. The zero-order chi connectivity index (χ0) is 19.7. The number of nitrogens with zero attached hydrogens (tertiary/aromatic N) is 3. The van der Waals surface area contributed by atoms with Crippen LogP contribution in [0.25, 0.3) is 15.3 Å². The van der Waals surface area contributed by atoms with E-state index in [0.29, 0.717) is 26.9 Å². The summed E-state index contributed by atoms with van der Waals surface area (Å²) in [5.74, 6) is -0.208. The number of hydrogen-bond donors (Lipinski definition) is 1. The summed E-state index contributed by atoms with van der Waals surface area (Å²) in [6.07, 6.45) is 0. The van der Waals surface area contributed by atoms with Crippen molar-refractivity contribution in [3.05, 3.63) is 65.9 Å². The summed E-state index contributed by atoms with van der Waals surface area (Å²) >= 11 is 2.60. The van der Waals surface area contributed by atoms with Gasteiger partial charge in [0.1, 0.15) is 17.5 Å². The molecule has 0 spiro atoms. The van der Waals surface area contributed by atoms with Gasteiger partial charge in [0.25, 0.3) is 0 Å². The van der Waals surface area contributed by atoms with Crippen molar-refractivity contribution in [3.63, 3.8) is 0 Å². The maximum absolute atomic E-state index is 13.4. The average Bonchev–Trinajstić information content (AvgIpc) is 3.23. The maximum Gasteiger partial charge on any atom is 0.235 e. The Morgan fingerprint density at radius 1 is 1.14 bits per heavy atom. The molecular formula is C19H14F2N4OS2. The van der Waals surface area contributed by atoms with Crippen LogP contribution in [0.15, 0.2) is 53.4 Å². The highest BCUT2D eigenvalue weighted by molar-refractivity contribution is 8.00. The molecule has 2 heterocycles. The molecule has 0 fully saturated rings. The third-order valence-corrected chi connectivity index (χ3v) is 5.81. The van der Waals surface area contributed by atoms with Crippen LogP contribution in [0.4, 0.5) is 14.6 Å². The summed E-state index contributed by atoms with van der Waals surface area (Å²) in [6, 6.07) is 12.1. The molecule has 0 aliphatic rings. The molecule has 0 unspecified atom stereocenters. The third kappa shape index (κ3) is 4.05. The van der Waals surface area contributed by atoms with Crippen molar-refractivity contribution >= 4 is 45.0 Å². The van der Waals surface area contributed by atoms with E-state index in [2.05, 4.69) is 15.4 Å². The van der Waals surface area contributed by atoms with E-state index in [4.69, 9.17) is 0 Å². The molecule has 4 rings (SSSR count). The molecule has 1 N–H and O–H groups in total. The van der Waals surface area contributed by atoms with Gasteiger partial charge in [0.05, 0.1) is 21.7 Å². The van der Waals surface area contributed by atoms with Gasteiger partial charge in [-0.1, -0.05) is 11.3 Å². The number of hydrogen-bond acceptors (Lipinski definition) is 5. The Balaban J connectivity index is 1.52. The van der Waals surface area contributed by atoms with Crippen LogP contribution in [0.3, 0.4) is 0 Å². The second-order valence-corrected chi connectivity index (χ2v) is 8.04. The monoisotopic (exact) mass is 416 g/mol. The lowest BCUT2D eigenvalue weighted by Crippen LogP contribution is -2.16. The molecular weight excluding hydrogens is 402 g/mol. The van der Waals surface area contributed by atoms with Crippen molar-refractivity contribution in [2.75, 3.05) is 11.1 Å². The van der Waals surface area contributed by atoms with Crippen LogP contribution in [0.1, 0.15) is 5.69 Å². The molecule has 9 heteroatoms. The molecule has 142 valence electrons. The number of rotatable bonds is 5. The highest BCUT2D eigenvalue weighted by Crippen LogP contribution is 2.28. The highest BCUT2D eigenvalue weighted by Gasteiger charge is 2.15. The summed E-state index contributed by atoms with van der Waals surface area (Å²) in [5.41, 5.74) is 1.38. The van der Waals surface area contributed by atoms with Crippen molar-refractivity contribution in [1.82, 2.24) is 14.8 Å². The van der Waals surface area contributed by atoms with E-state index >= 15 is 0 Å². The van der Waals surface area contributed by atoms with Gasteiger partial charge < -0.3 is 5.32 Å². The van der Waals surface area contributed by atoms with Crippen LogP contribution < -0.4 is 5.32 Å². The molecule has 4 aromatic rings. The van der Waals surface area contributed by atoms with Gasteiger partial charge in [-0.05, 0) is 49.4 Å². The van der Waals surface area contributed by atoms with Gasteiger partial charge in [-0.15, -0.1) is 11.8 Å². The molecule has 0 radical (unpaired) electrons. The minimum atomic E-state index is -0.328. The number of amides is 1. The molecule has 0 atom stereocenters. The van der Waals surface area contributed by atoms with Crippen molar-refractivity contribution in [1.29, 1.82) is 0 Å². The zero-order valence-corrected chi connectivity index (χ0v) is 16.3. The van der Waals surface area contributed by atoms with E-state index in [-0.39, 0.29) is 23.3 Å². The van der Waals surface area contributed by atoms with E-state index in [0.717, 1.165) is 4.90 Å². The van der Waals surface area contributed by atoms with Gasteiger partial charge in [-0.25, -0.2) is 13.8 Å². The fourth-order valence-electron chi connectivity index (χ4n) is 2.57. The molecule has 0 aliphatic carbocycles. The van der Waals surface area contributed by atoms with Crippen LogP contribution in [0.5, 0.6) is 0 Å². The highest BCUT2D eigenvalue weighted by atomic mass is 32.2. The normalized spacial score (nSPS) is 11.1. The number of carbonyl (C=O) groups excluding carboxylic acids is 1. The molecule has 0 aliphatic heterocycles. The van der Waals surface area contributed by atoms with E-state index in [1.54, 1.807) is 28.9 Å². The number of aryl methyl sites for hydroxylation is 1. The van der Waals surface area contributed by atoms with E-state index in [1.807, 2.05) is 6.92 Å². The van der Waals surface area contributed by atoms with Crippen LogP contribution in [0, 0.1) is 18.6 Å². The second kappa shape index (κ2) is 7.69. The fourth-order valence-corrected chi connectivity index (χ4v) is 4.22. The molecule has 1 amide bonds. The number of benzene rings is 2. The summed E-state index contributed by atoms with van der Waals surface area (Å²) in [5, 5.41) is 7.75. The lowest BCUT2D eigenvalue weighted by Gasteiger charge is -2.06. The molecule has 0 saturated carbocycles. The van der Waals surface area contributed by atoms with Gasteiger partial charge >= 0.3 is 0 Å². The predicted octanol–water partition coefficient (Wildman–Crippen LogP) is 4.80. The third-order valence-electron chi connectivity index (χ3n) is 3.80. The smallest absolute Gasteiger partial charge is 0.235 e. The fraction of sp³-hybridized carbons (Fsp3) is 0.105. The van der Waals surface area contributed by atoms with Gasteiger partial charge in [0.15, 0.2) is 0 Å². The number of carbonyl (C=O) groups is 1. The van der Waals surface area contributed by atoms with Gasteiger partial charge in [-0.3, -0.25) is 4.79 Å². The Labute approximate surface area is 167 Å². The van der Waals surface area contributed by atoms with Gasteiger partial charge in [-0.2, -0.15) is 9.78 Å².